The van der Waals surface area contributed by atoms with Gasteiger partial charge >= 0.3 is 5.97 Å². The molecule has 10 heteroatoms. The van der Waals surface area contributed by atoms with Crippen molar-refractivity contribution in [3.05, 3.63) is 59.7 Å². The average Bonchev–Trinajstić information content (AvgIpc) is 3.27. The van der Waals surface area contributed by atoms with E-state index in [4.69, 9.17) is 9.26 Å². The number of esters is 1. The summed E-state index contributed by atoms with van der Waals surface area (Å²) < 4.78 is 38.2. The van der Waals surface area contributed by atoms with E-state index in [-0.39, 0.29) is 29.0 Å². The van der Waals surface area contributed by atoms with Gasteiger partial charge in [0.2, 0.25) is 15.8 Å². The van der Waals surface area contributed by atoms with Crippen LogP contribution in [0, 0.1) is 6.92 Å². The number of hydrogen-bond donors (Lipinski definition) is 0. The fourth-order valence-corrected chi connectivity index (χ4v) is 5.40. The van der Waals surface area contributed by atoms with Crippen LogP contribution in [0.1, 0.15) is 48.0 Å². The van der Waals surface area contributed by atoms with Crippen LogP contribution in [0.2, 0.25) is 0 Å². The quantitative estimate of drug-likeness (QED) is 0.519. The molecule has 32 heavy (non-hydrogen) atoms. The number of ether oxygens (including phenoxy) is 1. The van der Waals surface area contributed by atoms with E-state index in [0.29, 0.717) is 23.5 Å². The van der Waals surface area contributed by atoms with Crippen LogP contribution in [0.3, 0.4) is 0 Å². The zero-order chi connectivity index (χ0) is 22.7. The minimum absolute atomic E-state index is 0.0722. The number of hydrogen-bond acceptors (Lipinski definition) is 8. The maximum Gasteiger partial charge on any atom is 0.338 e. The van der Waals surface area contributed by atoms with E-state index < -0.39 is 16.0 Å². The fourth-order valence-electron chi connectivity index (χ4n) is 3.68. The maximum absolute atomic E-state index is 13.1. The highest BCUT2D eigenvalue weighted by Crippen LogP contribution is 2.27. The van der Waals surface area contributed by atoms with Gasteiger partial charge in [0.05, 0.1) is 10.5 Å². The fraction of sp³-hybridized carbons (Fsp3) is 0.364. The average molecular weight is 457 g/mol. The van der Waals surface area contributed by atoms with Crippen molar-refractivity contribution in [3.63, 3.8) is 0 Å². The number of aromatic nitrogens is 3. The normalized spacial score (nSPS) is 17.2. The molecule has 3 heterocycles. The summed E-state index contributed by atoms with van der Waals surface area (Å²) in [7, 11) is -3.70. The van der Waals surface area contributed by atoms with Gasteiger partial charge in [0.15, 0.2) is 6.61 Å². The molecular weight excluding hydrogens is 432 g/mol. The van der Waals surface area contributed by atoms with Gasteiger partial charge in [-0.3, -0.25) is 4.98 Å². The first-order valence-corrected chi connectivity index (χ1v) is 11.8. The van der Waals surface area contributed by atoms with Crippen LogP contribution in [0.4, 0.5) is 0 Å². The van der Waals surface area contributed by atoms with Crippen LogP contribution in [-0.2, 0) is 21.4 Å². The van der Waals surface area contributed by atoms with E-state index in [1.807, 2.05) is 6.92 Å². The molecule has 0 radical (unpaired) electrons. The second-order valence-corrected chi connectivity index (χ2v) is 9.66. The molecule has 0 bridgehead atoms. The van der Waals surface area contributed by atoms with E-state index >= 15 is 0 Å². The number of carbonyl (C=O) groups is 1. The molecule has 0 N–H and O–H groups in total. The van der Waals surface area contributed by atoms with E-state index in [0.717, 1.165) is 19.3 Å². The van der Waals surface area contributed by atoms with Crippen LogP contribution in [0.25, 0.3) is 11.4 Å². The first-order chi connectivity index (χ1) is 15.4. The number of piperidine rings is 1. The molecule has 1 atom stereocenters. The highest BCUT2D eigenvalue weighted by molar-refractivity contribution is 7.89. The predicted octanol–water partition coefficient (Wildman–Crippen LogP) is 3.36. The second kappa shape index (κ2) is 9.17. The summed E-state index contributed by atoms with van der Waals surface area (Å²) in [6.07, 6.45) is 5.89. The van der Waals surface area contributed by atoms with Gasteiger partial charge in [-0.15, -0.1) is 0 Å². The van der Waals surface area contributed by atoms with Crippen LogP contribution < -0.4 is 0 Å². The lowest BCUT2D eigenvalue weighted by atomic mass is 10.1. The Balaban J connectivity index is 1.49. The summed E-state index contributed by atoms with van der Waals surface area (Å²) in [5.74, 6) is -0.197. The van der Waals surface area contributed by atoms with Crippen LogP contribution >= 0.6 is 0 Å². The Bertz CT molecular complexity index is 1210. The number of pyridine rings is 1. The molecule has 3 aromatic rings. The smallest absolute Gasteiger partial charge is 0.338 e. The Kier molecular flexibility index (Phi) is 6.33. The molecule has 1 aliphatic heterocycles. The number of aryl methyl sites for hydroxylation is 1. The largest absolute Gasteiger partial charge is 0.452 e. The molecule has 4 rings (SSSR count). The van der Waals surface area contributed by atoms with Crippen molar-refractivity contribution in [2.24, 2.45) is 0 Å². The number of sulfonamides is 1. The second-order valence-electron chi connectivity index (χ2n) is 7.77. The predicted molar refractivity (Wildman–Crippen MR) is 115 cm³/mol. The molecule has 0 aliphatic carbocycles. The molecule has 0 saturated carbocycles. The molecule has 1 unspecified atom stereocenters. The Labute approximate surface area is 186 Å². The van der Waals surface area contributed by atoms with Gasteiger partial charge in [-0.05, 0) is 56.5 Å². The summed E-state index contributed by atoms with van der Waals surface area (Å²) in [4.78, 5) is 21.0. The zero-order valence-corrected chi connectivity index (χ0v) is 18.7. The topological polar surface area (TPSA) is 115 Å². The third kappa shape index (κ3) is 4.56. The molecular formula is C22H24N4O5S. The molecule has 0 amide bonds. The Morgan fingerprint density at radius 1 is 1.28 bits per heavy atom. The summed E-state index contributed by atoms with van der Waals surface area (Å²) >= 11 is 0. The highest BCUT2D eigenvalue weighted by atomic mass is 32.2. The summed E-state index contributed by atoms with van der Waals surface area (Å²) in [5, 5.41) is 3.86. The van der Waals surface area contributed by atoms with Crippen LogP contribution in [-0.4, -0.2) is 46.4 Å². The summed E-state index contributed by atoms with van der Waals surface area (Å²) in [5.41, 5.74) is 1.47. The van der Waals surface area contributed by atoms with Gasteiger partial charge in [0.1, 0.15) is 0 Å². The van der Waals surface area contributed by atoms with Crippen molar-refractivity contribution in [1.29, 1.82) is 0 Å². The Morgan fingerprint density at radius 3 is 2.88 bits per heavy atom. The third-order valence-corrected chi connectivity index (χ3v) is 7.50. The minimum atomic E-state index is -3.70. The molecule has 2 aromatic heterocycles. The van der Waals surface area contributed by atoms with Gasteiger partial charge in [-0.2, -0.15) is 9.29 Å². The molecule has 1 aliphatic rings. The number of nitrogens with zero attached hydrogens (tertiary/aromatic N) is 4. The van der Waals surface area contributed by atoms with Gasteiger partial charge in [0, 0.05) is 30.5 Å². The van der Waals surface area contributed by atoms with Crippen LogP contribution in [0.5, 0.6) is 0 Å². The van der Waals surface area contributed by atoms with Gasteiger partial charge in [0.25, 0.3) is 5.89 Å². The zero-order valence-electron chi connectivity index (χ0n) is 17.9. The van der Waals surface area contributed by atoms with E-state index in [9.17, 15) is 13.2 Å². The standard InChI is InChI=1S/C22H24N4O5S/c1-15-8-9-18(32(28,29)26-11-4-3-6-16(26)2)12-19(15)22(27)30-14-20-24-21(25-31-20)17-7-5-10-23-13-17/h5,7-10,12-13,16H,3-4,6,11,14H2,1-2H3. The maximum atomic E-state index is 13.1. The first-order valence-electron chi connectivity index (χ1n) is 10.4. The summed E-state index contributed by atoms with van der Waals surface area (Å²) in [6.45, 7) is 3.88. The molecule has 168 valence electrons. The highest BCUT2D eigenvalue weighted by Gasteiger charge is 2.31. The Morgan fingerprint density at radius 2 is 2.12 bits per heavy atom. The first kappa shape index (κ1) is 22.1. The van der Waals surface area contributed by atoms with Crippen molar-refractivity contribution < 1.29 is 22.5 Å². The lowest BCUT2D eigenvalue weighted by molar-refractivity contribution is 0.0428. The van der Waals surface area contributed by atoms with Crippen molar-refractivity contribution in [1.82, 2.24) is 19.4 Å². The van der Waals surface area contributed by atoms with E-state index in [1.165, 1.54) is 16.4 Å². The third-order valence-electron chi connectivity index (χ3n) is 5.49. The SMILES string of the molecule is Cc1ccc(S(=O)(=O)N2CCCCC2C)cc1C(=O)OCc1nc(-c2cccnc2)no1. The van der Waals surface area contributed by atoms with Crippen molar-refractivity contribution >= 4 is 16.0 Å². The number of rotatable bonds is 6. The molecule has 0 spiro atoms. The lowest BCUT2D eigenvalue weighted by Gasteiger charge is -2.32. The molecule has 1 aromatic carbocycles. The molecule has 1 fully saturated rings. The summed E-state index contributed by atoms with van der Waals surface area (Å²) in [6, 6.07) is 7.98. The van der Waals surface area contributed by atoms with Gasteiger partial charge in [-0.25, -0.2) is 13.2 Å². The van der Waals surface area contributed by atoms with Crippen molar-refractivity contribution in [2.45, 2.75) is 50.7 Å². The van der Waals surface area contributed by atoms with E-state index in [2.05, 4.69) is 15.1 Å². The molecule has 1 saturated heterocycles. The number of benzene rings is 1. The van der Waals surface area contributed by atoms with Crippen LogP contribution in [0.15, 0.2) is 52.1 Å². The monoisotopic (exact) mass is 456 g/mol. The number of carbonyl (C=O) groups excluding carboxylic acids is 1. The minimum Gasteiger partial charge on any atom is -0.452 e. The van der Waals surface area contributed by atoms with Gasteiger partial charge < -0.3 is 9.26 Å². The van der Waals surface area contributed by atoms with Crippen molar-refractivity contribution in [3.8, 4) is 11.4 Å². The van der Waals surface area contributed by atoms with Gasteiger partial charge in [-0.1, -0.05) is 17.6 Å². The van der Waals surface area contributed by atoms with Crippen molar-refractivity contribution in [2.75, 3.05) is 6.54 Å². The molecule has 9 nitrogen and oxygen atoms in total. The van der Waals surface area contributed by atoms with E-state index in [1.54, 1.807) is 37.5 Å². The lowest BCUT2D eigenvalue weighted by Crippen LogP contribution is -2.41. The Hall–Kier alpha value is -3.11.